The highest BCUT2D eigenvalue weighted by Gasteiger charge is 2.10. The van der Waals surface area contributed by atoms with Gasteiger partial charge in [-0.1, -0.05) is 0 Å². The minimum Gasteiger partial charge on any atom is -0.394 e. The molecule has 0 amide bonds. The van der Waals surface area contributed by atoms with Crippen LogP contribution in [0.1, 0.15) is 6.92 Å². The predicted molar refractivity (Wildman–Crippen MR) is 61.4 cm³/mol. The third kappa shape index (κ3) is 1.89. The number of rotatable bonds is 4. The molecule has 0 fully saturated rings. The Labute approximate surface area is 92.3 Å². The highest BCUT2D eigenvalue weighted by atomic mass is 16.3. The van der Waals surface area contributed by atoms with Crippen LogP contribution in [0.25, 0.3) is 11.0 Å². The molecule has 0 radical (unpaired) electrons. The molecular formula is C9H14N6O. The van der Waals surface area contributed by atoms with Crippen LogP contribution < -0.4 is 10.6 Å². The molecular weight excluding hydrogens is 208 g/mol. The van der Waals surface area contributed by atoms with Gasteiger partial charge >= 0.3 is 0 Å². The molecule has 7 nitrogen and oxygen atoms in total. The van der Waals surface area contributed by atoms with Crippen molar-refractivity contribution in [2.75, 3.05) is 24.3 Å². The Kier molecular flexibility index (Phi) is 2.86. The van der Waals surface area contributed by atoms with Crippen molar-refractivity contribution in [2.24, 2.45) is 0 Å². The average molecular weight is 222 g/mol. The number of aromatic nitrogens is 4. The number of hydrogen-bond acceptors (Lipinski definition) is 6. The number of hydrogen-bond donors (Lipinski definition) is 4. The van der Waals surface area contributed by atoms with Gasteiger partial charge in [-0.25, -0.2) is 0 Å². The fraction of sp³-hybridized carbons (Fsp3) is 0.444. The normalized spacial score (nSPS) is 12.7. The Morgan fingerprint density at radius 1 is 1.50 bits per heavy atom. The molecule has 2 aromatic heterocycles. The zero-order valence-corrected chi connectivity index (χ0v) is 9.15. The Bertz CT molecular complexity index is 482. The number of nitrogens with zero attached hydrogens (tertiary/aromatic N) is 3. The summed E-state index contributed by atoms with van der Waals surface area (Å²) in [7, 11) is 1.75. The topological polar surface area (TPSA) is 98.8 Å². The first-order valence-electron chi connectivity index (χ1n) is 5.01. The third-order valence-corrected chi connectivity index (χ3v) is 2.19. The van der Waals surface area contributed by atoms with Crippen molar-refractivity contribution in [3.05, 3.63) is 6.20 Å². The summed E-state index contributed by atoms with van der Waals surface area (Å²) < 4.78 is 0. The molecule has 4 N–H and O–H groups in total. The van der Waals surface area contributed by atoms with Crippen LogP contribution in [0.4, 0.5) is 11.8 Å². The molecule has 0 aliphatic rings. The molecule has 0 aliphatic heterocycles. The summed E-state index contributed by atoms with van der Waals surface area (Å²) in [5.74, 6) is 1.16. The first-order chi connectivity index (χ1) is 7.74. The fourth-order valence-corrected chi connectivity index (χ4v) is 1.34. The molecule has 1 unspecified atom stereocenters. The fourth-order valence-electron chi connectivity index (χ4n) is 1.34. The monoisotopic (exact) mass is 222 g/mol. The maximum absolute atomic E-state index is 9.00. The van der Waals surface area contributed by atoms with E-state index in [9.17, 15) is 0 Å². The summed E-state index contributed by atoms with van der Waals surface area (Å²) in [6, 6.07) is -0.0716. The molecule has 2 heterocycles. The van der Waals surface area contributed by atoms with E-state index in [1.807, 2.05) is 6.92 Å². The van der Waals surface area contributed by atoms with Crippen molar-refractivity contribution < 1.29 is 5.11 Å². The SMILES string of the molecule is CNc1nc(NC(C)CO)c2cn[nH]c2n1. The number of aliphatic hydroxyl groups is 1. The van der Waals surface area contributed by atoms with Gasteiger partial charge in [0, 0.05) is 13.1 Å². The van der Waals surface area contributed by atoms with Gasteiger partial charge in [0.1, 0.15) is 5.82 Å². The molecule has 0 aromatic carbocycles. The van der Waals surface area contributed by atoms with Crippen LogP contribution in [0.5, 0.6) is 0 Å². The first-order valence-corrected chi connectivity index (χ1v) is 5.01. The highest BCUT2D eigenvalue weighted by Crippen LogP contribution is 2.20. The lowest BCUT2D eigenvalue weighted by atomic mass is 10.3. The lowest BCUT2D eigenvalue weighted by molar-refractivity contribution is 0.281. The second kappa shape index (κ2) is 4.31. The highest BCUT2D eigenvalue weighted by molar-refractivity contribution is 5.87. The average Bonchev–Trinajstić information content (AvgIpc) is 2.76. The van der Waals surface area contributed by atoms with Crippen molar-refractivity contribution in [1.29, 1.82) is 0 Å². The lowest BCUT2D eigenvalue weighted by Gasteiger charge is -2.12. The summed E-state index contributed by atoms with van der Waals surface area (Å²) in [6.45, 7) is 1.91. The van der Waals surface area contributed by atoms with Gasteiger partial charge < -0.3 is 15.7 Å². The minimum atomic E-state index is -0.0716. The van der Waals surface area contributed by atoms with E-state index in [2.05, 4.69) is 30.8 Å². The molecule has 0 aliphatic carbocycles. The van der Waals surface area contributed by atoms with Gasteiger partial charge in [0.25, 0.3) is 0 Å². The van der Waals surface area contributed by atoms with Crippen LogP contribution in [0.2, 0.25) is 0 Å². The van der Waals surface area contributed by atoms with Crippen LogP contribution in [0.3, 0.4) is 0 Å². The van der Waals surface area contributed by atoms with Crippen molar-refractivity contribution in [2.45, 2.75) is 13.0 Å². The summed E-state index contributed by atoms with van der Waals surface area (Å²) in [5, 5.41) is 22.5. The molecule has 2 rings (SSSR count). The van der Waals surface area contributed by atoms with Crippen LogP contribution in [0.15, 0.2) is 6.20 Å². The maximum Gasteiger partial charge on any atom is 0.226 e. The van der Waals surface area contributed by atoms with Gasteiger partial charge in [-0.05, 0) is 6.92 Å². The van der Waals surface area contributed by atoms with Gasteiger partial charge in [-0.2, -0.15) is 15.1 Å². The molecule has 1 atom stereocenters. The van der Waals surface area contributed by atoms with Crippen LogP contribution in [-0.4, -0.2) is 45.0 Å². The largest absolute Gasteiger partial charge is 0.394 e. The Morgan fingerprint density at radius 2 is 2.31 bits per heavy atom. The van der Waals surface area contributed by atoms with Crippen molar-refractivity contribution >= 4 is 22.8 Å². The summed E-state index contributed by atoms with van der Waals surface area (Å²) in [4.78, 5) is 8.48. The number of nitrogens with one attached hydrogen (secondary N) is 3. The molecule has 0 saturated heterocycles. The lowest BCUT2D eigenvalue weighted by Crippen LogP contribution is -2.20. The van der Waals surface area contributed by atoms with Crippen molar-refractivity contribution in [3.8, 4) is 0 Å². The summed E-state index contributed by atoms with van der Waals surface area (Å²) >= 11 is 0. The quantitative estimate of drug-likeness (QED) is 0.589. The summed E-state index contributed by atoms with van der Waals surface area (Å²) in [5.41, 5.74) is 0.659. The second-order valence-electron chi connectivity index (χ2n) is 3.51. The number of H-pyrrole nitrogens is 1. The molecule has 2 aromatic rings. The maximum atomic E-state index is 9.00. The molecule has 0 bridgehead atoms. The van der Waals surface area contributed by atoms with Crippen LogP contribution in [0, 0.1) is 0 Å². The van der Waals surface area contributed by atoms with E-state index in [0.717, 1.165) is 5.39 Å². The van der Waals surface area contributed by atoms with E-state index < -0.39 is 0 Å². The van der Waals surface area contributed by atoms with Crippen LogP contribution >= 0.6 is 0 Å². The number of aromatic amines is 1. The first kappa shape index (κ1) is 10.6. The number of anilines is 2. The van der Waals surface area contributed by atoms with Gasteiger partial charge in [0.05, 0.1) is 18.2 Å². The van der Waals surface area contributed by atoms with E-state index in [1.165, 1.54) is 0 Å². The zero-order valence-electron chi connectivity index (χ0n) is 9.15. The third-order valence-electron chi connectivity index (χ3n) is 2.19. The van der Waals surface area contributed by atoms with E-state index in [0.29, 0.717) is 17.4 Å². The number of fused-ring (bicyclic) bond motifs is 1. The predicted octanol–water partition coefficient (Wildman–Crippen LogP) is 0.187. The Hall–Kier alpha value is -1.89. The van der Waals surface area contributed by atoms with Gasteiger partial charge in [0.2, 0.25) is 5.95 Å². The van der Waals surface area contributed by atoms with E-state index in [-0.39, 0.29) is 12.6 Å². The zero-order chi connectivity index (χ0) is 11.5. The smallest absolute Gasteiger partial charge is 0.226 e. The number of aliphatic hydroxyl groups excluding tert-OH is 1. The van der Waals surface area contributed by atoms with Gasteiger partial charge in [-0.15, -0.1) is 0 Å². The van der Waals surface area contributed by atoms with Gasteiger partial charge in [-0.3, -0.25) is 5.10 Å². The Balaban J connectivity index is 2.44. The van der Waals surface area contributed by atoms with E-state index in [4.69, 9.17) is 5.11 Å². The van der Waals surface area contributed by atoms with Gasteiger partial charge in [0.15, 0.2) is 5.65 Å². The van der Waals surface area contributed by atoms with Crippen molar-refractivity contribution in [3.63, 3.8) is 0 Å². The molecule has 0 saturated carbocycles. The molecule has 0 spiro atoms. The molecule has 16 heavy (non-hydrogen) atoms. The standard InChI is InChI=1S/C9H14N6O/c1-5(4-16)12-7-6-3-11-15-8(6)14-9(10-2)13-7/h3,5,16H,4H2,1-2H3,(H3,10,11,12,13,14,15). The van der Waals surface area contributed by atoms with Crippen LogP contribution in [-0.2, 0) is 0 Å². The Morgan fingerprint density at radius 3 is 3.00 bits per heavy atom. The van der Waals surface area contributed by atoms with Crippen molar-refractivity contribution in [1.82, 2.24) is 20.2 Å². The molecule has 7 heteroatoms. The molecule has 86 valence electrons. The minimum absolute atomic E-state index is 0.0399. The van der Waals surface area contributed by atoms with E-state index in [1.54, 1.807) is 13.2 Å². The second-order valence-corrected chi connectivity index (χ2v) is 3.51. The summed E-state index contributed by atoms with van der Waals surface area (Å²) in [6.07, 6.45) is 1.65. The van der Waals surface area contributed by atoms with E-state index >= 15 is 0 Å².